The van der Waals surface area contributed by atoms with Crippen molar-refractivity contribution in [3.05, 3.63) is 29.3 Å². The summed E-state index contributed by atoms with van der Waals surface area (Å²) in [6.07, 6.45) is 0. The lowest BCUT2D eigenvalue weighted by molar-refractivity contribution is -0.114. The van der Waals surface area contributed by atoms with Crippen LogP contribution in [0.2, 0.25) is 0 Å². The van der Waals surface area contributed by atoms with Crippen LogP contribution in [0.25, 0.3) is 0 Å². The monoisotopic (exact) mass is 244 g/mol. The maximum Gasteiger partial charge on any atom is 0.340 e. The van der Waals surface area contributed by atoms with Crippen LogP contribution in [-0.2, 0) is 9.53 Å². The van der Waals surface area contributed by atoms with Gasteiger partial charge < -0.3 is 15.8 Å². The number of hydrogen-bond donors (Lipinski definition) is 2. The molecule has 1 aromatic carbocycles. The number of carbonyl (C=O) groups is 2. The van der Waals surface area contributed by atoms with Gasteiger partial charge in [0, 0.05) is 6.07 Å². The number of methoxy groups -OCH3 is 1. The number of nitrogens with two attached hydrogens (primary N) is 1. The minimum absolute atomic E-state index is 0.331. The highest BCUT2D eigenvalue weighted by atomic mass is 19.1. The molecule has 0 spiro atoms. The third-order valence-electron chi connectivity index (χ3n) is 1.92. The van der Waals surface area contributed by atoms with E-state index in [1.807, 2.05) is 0 Å². The van der Waals surface area contributed by atoms with Crippen LogP contribution in [0.1, 0.15) is 10.4 Å². The first kappa shape index (κ1) is 13.0. The third kappa shape index (κ3) is 2.97. The molecule has 0 saturated heterocycles. The lowest BCUT2D eigenvalue weighted by atomic mass is 10.1. The fraction of sp³-hybridized carbons (Fsp3) is 0.200. The van der Waals surface area contributed by atoms with Gasteiger partial charge in [-0.25, -0.2) is 13.6 Å². The van der Waals surface area contributed by atoms with Gasteiger partial charge in [0.15, 0.2) is 0 Å². The van der Waals surface area contributed by atoms with Crippen molar-refractivity contribution in [2.45, 2.75) is 0 Å². The molecule has 0 aromatic heterocycles. The molecule has 7 heteroatoms. The maximum absolute atomic E-state index is 13.2. The van der Waals surface area contributed by atoms with Crippen molar-refractivity contribution in [2.24, 2.45) is 5.73 Å². The number of esters is 1. The molecule has 0 bridgehead atoms. The standard InChI is InChI=1S/C10H10F2N2O3/c1-17-10(16)5-2-8(14-9(15)4-13)7(12)3-6(5)11/h2-3H,4,13H2,1H3,(H,14,15). The summed E-state index contributed by atoms with van der Waals surface area (Å²) in [6.45, 7) is -0.357. The number of halogens is 2. The summed E-state index contributed by atoms with van der Waals surface area (Å²) < 4.78 is 30.8. The van der Waals surface area contributed by atoms with Crippen molar-refractivity contribution in [2.75, 3.05) is 19.0 Å². The summed E-state index contributed by atoms with van der Waals surface area (Å²) in [6, 6.07) is 1.34. The normalized spacial score (nSPS) is 9.88. The predicted octanol–water partition coefficient (Wildman–Crippen LogP) is 0.649. The summed E-state index contributed by atoms with van der Waals surface area (Å²) in [5.41, 5.74) is 4.22. The van der Waals surface area contributed by atoms with E-state index in [-0.39, 0.29) is 12.2 Å². The van der Waals surface area contributed by atoms with Gasteiger partial charge >= 0.3 is 5.97 Å². The van der Waals surface area contributed by atoms with Crippen molar-refractivity contribution >= 4 is 17.6 Å². The molecule has 0 saturated carbocycles. The van der Waals surface area contributed by atoms with Crippen LogP contribution >= 0.6 is 0 Å². The molecule has 1 amide bonds. The molecule has 0 aliphatic heterocycles. The van der Waals surface area contributed by atoms with Crippen LogP contribution in [0.3, 0.4) is 0 Å². The van der Waals surface area contributed by atoms with Crippen LogP contribution in [0.15, 0.2) is 12.1 Å². The Balaban J connectivity index is 3.14. The summed E-state index contributed by atoms with van der Waals surface area (Å²) in [7, 11) is 1.06. The Morgan fingerprint density at radius 3 is 2.53 bits per heavy atom. The maximum atomic E-state index is 13.2. The Labute approximate surface area is 95.5 Å². The molecule has 0 aliphatic rings. The van der Waals surface area contributed by atoms with Gasteiger partial charge in [-0.2, -0.15) is 0 Å². The van der Waals surface area contributed by atoms with Gasteiger partial charge in [0.05, 0.1) is 24.9 Å². The second kappa shape index (κ2) is 5.35. The highest BCUT2D eigenvalue weighted by Crippen LogP contribution is 2.20. The average molecular weight is 244 g/mol. The first-order valence-corrected chi connectivity index (χ1v) is 4.57. The Morgan fingerprint density at radius 2 is 2.00 bits per heavy atom. The SMILES string of the molecule is COC(=O)c1cc(NC(=O)CN)c(F)cc1F. The Bertz CT molecular complexity index is 463. The number of nitrogens with one attached hydrogen (secondary N) is 1. The Hall–Kier alpha value is -2.02. The first-order valence-electron chi connectivity index (χ1n) is 4.57. The summed E-state index contributed by atoms with van der Waals surface area (Å²) in [5.74, 6) is -3.70. The summed E-state index contributed by atoms with van der Waals surface area (Å²) in [4.78, 5) is 22.1. The highest BCUT2D eigenvalue weighted by Gasteiger charge is 2.17. The average Bonchev–Trinajstić information content (AvgIpc) is 2.31. The van der Waals surface area contributed by atoms with Crippen molar-refractivity contribution in [3.63, 3.8) is 0 Å². The minimum atomic E-state index is -1.07. The molecule has 0 atom stereocenters. The topological polar surface area (TPSA) is 81.4 Å². The second-order valence-electron chi connectivity index (χ2n) is 3.06. The van der Waals surface area contributed by atoms with E-state index in [2.05, 4.69) is 10.1 Å². The largest absolute Gasteiger partial charge is 0.465 e. The van der Waals surface area contributed by atoms with Crippen molar-refractivity contribution in [3.8, 4) is 0 Å². The number of benzene rings is 1. The van der Waals surface area contributed by atoms with Crippen LogP contribution < -0.4 is 11.1 Å². The first-order chi connectivity index (χ1) is 7.99. The van der Waals surface area contributed by atoms with Crippen molar-refractivity contribution in [1.29, 1.82) is 0 Å². The van der Waals surface area contributed by atoms with E-state index in [0.29, 0.717) is 6.07 Å². The molecule has 1 aromatic rings. The van der Waals surface area contributed by atoms with E-state index in [0.717, 1.165) is 13.2 Å². The molecule has 0 radical (unpaired) electrons. The Kier molecular flexibility index (Phi) is 4.11. The summed E-state index contributed by atoms with van der Waals surface area (Å²) >= 11 is 0. The van der Waals surface area contributed by atoms with Crippen LogP contribution in [0, 0.1) is 11.6 Å². The molecule has 1 rings (SSSR count). The van der Waals surface area contributed by atoms with Gasteiger partial charge in [-0.15, -0.1) is 0 Å². The van der Waals surface area contributed by atoms with E-state index >= 15 is 0 Å². The number of amides is 1. The molecule has 5 nitrogen and oxygen atoms in total. The van der Waals surface area contributed by atoms with Gasteiger partial charge in [-0.3, -0.25) is 4.79 Å². The van der Waals surface area contributed by atoms with Crippen LogP contribution in [-0.4, -0.2) is 25.5 Å². The van der Waals surface area contributed by atoms with Gasteiger partial charge in [0.1, 0.15) is 11.6 Å². The number of ether oxygens (including phenoxy) is 1. The smallest absolute Gasteiger partial charge is 0.340 e. The minimum Gasteiger partial charge on any atom is -0.465 e. The number of hydrogen-bond acceptors (Lipinski definition) is 4. The van der Waals surface area contributed by atoms with Crippen LogP contribution in [0.5, 0.6) is 0 Å². The number of anilines is 1. The molecule has 0 fully saturated rings. The predicted molar refractivity (Wildman–Crippen MR) is 55.4 cm³/mol. The van der Waals surface area contributed by atoms with Crippen molar-refractivity contribution in [1.82, 2.24) is 0 Å². The molecular formula is C10H10F2N2O3. The van der Waals surface area contributed by atoms with Gasteiger partial charge in [0.2, 0.25) is 5.91 Å². The molecular weight excluding hydrogens is 234 g/mol. The molecule has 92 valence electrons. The number of carbonyl (C=O) groups excluding carboxylic acids is 2. The van der Waals surface area contributed by atoms with E-state index in [9.17, 15) is 18.4 Å². The van der Waals surface area contributed by atoms with Gasteiger partial charge in [-0.1, -0.05) is 0 Å². The molecule has 17 heavy (non-hydrogen) atoms. The zero-order valence-electron chi connectivity index (χ0n) is 8.92. The molecule has 0 heterocycles. The fourth-order valence-electron chi connectivity index (χ4n) is 1.11. The fourth-order valence-corrected chi connectivity index (χ4v) is 1.11. The van der Waals surface area contributed by atoms with E-state index in [4.69, 9.17) is 5.73 Å². The lowest BCUT2D eigenvalue weighted by Gasteiger charge is -2.08. The Morgan fingerprint density at radius 1 is 1.35 bits per heavy atom. The highest BCUT2D eigenvalue weighted by molar-refractivity contribution is 5.95. The third-order valence-corrected chi connectivity index (χ3v) is 1.92. The van der Waals surface area contributed by atoms with E-state index < -0.39 is 29.1 Å². The zero-order chi connectivity index (χ0) is 13.0. The van der Waals surface area contributed by atoms with E-state index in [1.54, 1.807) is 0 Å². The molecule has 0 aliphatic carbocycles. The van der Waals surface area contributed by atoms with Gasteiger partial charge in [-0.05, 0) is 6.07 Å². The molecule has 3 N–H and O–H groups in total. The zero-order valence-corrected chi connectivity index (χ0v) is 8.92. The quantitative estimate of drug-likeness (QED) is 0.765. The van der Waals surface area contributed by atoms with Gasteiger partial charge in [0.25, 0.3) is 0 Å². The van der Waals surface area contributed by atoms with Crippen molar-refractivity contribution < 1.29 is 23.1 Å². The lowest BCUT2D eigenvalue weighted by Crippen LogP contribution is -2.22. The van der Waals surface area contributed by atoms with E-state index in [1.165, 1.54) is 0 Å². The number of rotatable bonds is 3. The second-order valence-corrected chi connectivity index (χ2v) is 3.06. The molecule has 0 unspecified atom stereocenters. The summed E-state index contributed by atoms with van der Waals surface area (Å²) in [5, 5.41) is 2.09. The van der Waals surface area contributed by atoms with Crippen LogP contribution in [0.4, 0.5) is 14.5 Å².